The first kappa shape index (κ1) is 21.2. The van der Waals surface area contributed by atoms with Crippen LogP contribution in [-0.2, 0) is 0 Å². The second-order valence-corrected chi connectivity index (χ2v) is 6.46. The van der Waals surface area contributed by atoms with Crippen molar-refractivity contribution in [2.45, 2.75) is 0 Å². The van der Waals surface area contributed by atoms with E-state index in [1.807, 2.05) is 48.5 Å². The van der Waals surface area contributed by atoms with E-state index in [1.54, 1.807) is 42.7 Å². The van der Waals surface area contributed by atoms with Crippen molar-refractivity contribution in [2.75, 3.05) is 42.7 Å². The first-order chi connectivity index (χ1) is 14.6. The molecule has 0 N–H and O–H groups in total. The molecule has 6 heteroatoms. The normalized spacial score (nSPS) is 10.3. The maximum Gasteiger partial charge on any atom is 0.130 e. The number of ether oxygens (including phenoxy) is 6. The van der Waals surface area contributed by atoms with Gasteiger partial charge in [0.25, 0.3) is 0 Å². The van der Waals surface area contributed by atoms with E-state index < -0.39 is 0 Å². The van der Waals surface area contributed by atoms with Crippen LogP contribution < -0.4 is 28.4 Å². The van der Waals surface area contributed by atoms with E-state index in [2.05, 4.69) is 0 Å². The van der Waals surface area contributed by atoms with Crippen LogP contribution in [0.3, 0.4) is 0 Å². The Bertz CT molecular complexity index is 905. The largest absolute Gasteiger partial charge is 0.497 e. The van der Waals surface area contributed by atoms with Gasteiger partial charge in [-0.25, -0.2) is 0 Å². The van der Waals surface area contributed by atoms with Crippen molar-refractivity contribution in [3.05, 3.63) is 48.5 Å². The summed E-state index contributed by atoms with van der Waals surface area (Å²) >= 11 is 0. The highest BCUT2D eigenvalue weighted by molar-refractivity contribution is 5.83. The van der Waals surface area contributed by atoms with Gasteiger partial charge in [0, 0.05) is 29.3 Å². The molecular weight excluding hydrogens is 384 g/mol. The predicted octanol–water partition coefficient (Wildman–Crippen LogP) is 5.07. The Morgan fingerprint density at radius 1 is 0.367 bits per heavy atom. The van der Waals surface area contributed by atoms with Crippen LogP contribution in [0.2, 0.25) is 0 Å². The van der Waals surface area contributed by atoms with Crippen LogP contribution in [-0.4, -0.2) is 42.7 Å². The number of hydrogen-bond acceptors (Lipinski definition) is 6. The zero-order valence-electron chi connectivity index (χ0n) is 18.1. The standard InChI is InChI=1S/C24H26O6/c1-25-17-7-15(8-18(11-17)26-2)21-13-22(24(30-6)14-23(21)29-5)16-9-19(27-3)12-20(10-16)28-4/h7-14H,1-6H3. The molecule has 0 amide bonds. The molecule has 30 heavy (non-hydrogen) atoms. The highest BCUT2D eigenvalue weighted by Gasteiger charge is 2.17. The van der Waals surface area contributed by atoms with Crippen LogP contribution in [0, 0.1) is 0 Å². The van der Waals surface area contributed by atoms with Gasteiger partial charge in [-0.3, -0.25) is 0 Å². The van der Waals surface area contributed by atoms with Crippen molar-refractivity contribution >= 4 is 0 Å². The smallest absolute Gasteiger partial charge is 0.130 e. The molecule has 0 aliphatic heterocycles. The third-order valence-electron chi connectivity index (χ3n) is 4.85. The third-order valence-corrected chi connectivity index (χ3v) is 4.85. The van der Waals surface area contributed by atoms with Crippen LogP contribution in [0.15, 0.2) is 48.5 Å². The topological polar surface area (TPSA) is 55.4 Å². The molecule has 6 nitrogen and oxygen atoms in total. The molecule has 0 unspecified atom stereocenters. The van der Waals surface area contributed by atoms with Gasteiger partial charge in [-0.05, 0) is 41.5 Å². The number of hydrogen-bond donors (Lipinski definition) is 0. The van der Waals surface area contributed by atoms with E-state index in [-0.39, 0.29) is 0 Å². The maximum atomic E-state index is 5.66. The Morgan fingerprint density at radius 3 is 0.967 bits per heavy atom. The fourth-order valence-corrected chi connectivity index (χ4v) is 3.28. The Morgan fingerprint density at radius 2 is 0.700 bits per heavy atom. The number of rotatable bonds is 8. The van der Waals surface area contributed by atoms with Crippen LogP contribution in [0.5, 0.6) is 34.5 Å². The monoisotopic (exact) mass is 410 g/mol. The summed E-state index contributed by atoms with van der Waals surface area (Å²) in [6.07, 6.45) is 0. The van der Waals surface area contributed by atoms with Gasteiger partial charge in [0.1, 0.15) is 34.5 Å². The molecule has 0 saturated carbocycles. The second-order valence-electron chi connectivity index (χ2n) is 6.46. The first-order valence-electron chi connectivity index (χ1n) is 9.29. The lowest BCUT2D eigenvalue weighted by Crippen LogP contribution is -1.96. The van der Waals surface area contributed by atoms with Crippen molar-refractivity contribution < 1.29 is 28.4 Å². The first-order valence-corrected chi connectivity index (χ1v) is 9.29. The van der Waals surface area contributed by atoms with Crippen molar-refractivity contribution in [1.82, 2.24) is 0 Å². The molecule has 0 fully saturated rings. The molecule has 0 spiro atoms. The zero-order chi connectivity index (χ0) is 21.7. The minimum atomic E-state index is 0.667. The van der Waals surface area contributed by atoms with Gasteiger partial charge in [0.15, 0.2) is 0 Å². The van der Waals surface area contributed by atoms with Gasteiger partial charge < -0.3 is 28.4 Å². The van der Waals surface area contributed by atoms with E-state index in [0.29, 0.717) is 34.5 Å². The summed E-state index contributed by atoms with van der Waals surface area (Å²) < 4.78 is 33.1. The molecule has 158 valence electrons. The van der Waals surface area contributed by atoms with Crippen molar-refractivity contribution in [1.29, 1.82) is 0 Å². The lowest BCUT2D eigenvalue weighted by molar-refractivity contribution is 0.393. The molecule has 0 aromatic heterocycles. The van der Waals surface area contributed by atoms with Gasteiger partial charge in [0.2, 0.25) is 0 Å². The second kappa shape index (κ2) is 9.31. The maximum absolute atomic E-state index is 5.66. The fraction of sp³-hybridized carbons (Fsp3) is 0.250. The van der Waals surface area contributed by atoms with Crippen molar-refractivity contribution in [2.24, 2.45) is 0 Å². The van der Waals surface area contributed by atoms with Gasteiger partial charge in [-0.15, -0.1) is 0 Å². The molecule has 0 heterocycles. The van der Waals surface area contributed by atoms with Gasteiger partial charge >= 0.3 is 0 Å². The summed E-state index contributed by atoms with van der Waals surface area (Å²) in [4.78, 5) is 0. The van der Waals surface area contributed by atoms with E-state index in [9.17, 15) is 0 Å². The molecule has 0 saturated heterocycles. The molecular formula is C24H26O6. The molecule has 0 aliphatic rings. The number of methoxy groups -OCH3 is 6. The molecule has 0 atom stereocenters. The highest BCUT2D eigenvalue weighted by atomic mass is 16.5. The predicted molar refractivity (Wildman–Crippen MR) is 117 cm³/mol. The summed E-state index contributed by atoms with van der Waals surface area (Å²) in [7, 11) is 9.75. The van der Waals surface area contributed by atoms with Crippen LogP contribution in [0.25, 0.3) is 22.3 Å². The van der Waals surface area contributed by atoms with Gasteiger partial charge in [0.05, 0.1) is 42.7 Å². The van der Waals surface area contributed by atoms with E-state index in [1.165, 1.54) is 0 Å². The quantitative estimate of drug-likeness (QED) is 0.517. The lowest BCUT2D eigenvalue weighted by Gasteiger charge is -2.17. The molecule has 3 aromatic rings. The fourth-order valence-electron chi connectivity index (χ4n) is 3.28. The van der Waals surface area contributed by atoms with E-state index in [4.69, 9.17) is 28.4 Å². The summed E-state index contributed by atoms with van der Waals surface area (Å²) in [6, 6.07) is 15.3. The molecule has 0 aliphatic carbocycles. The van der Waals surface area contributed by atoms with E-state index in [0.717, 1.165) is 22.3 Å². The highest BCUT2D eigenvalue weighted by Crippen LogP contribution is 2.43. The van der Waals surface area contributed by atoms with Crippen molar-refractivity contribution in [3.63, 3.8) is 0 Å². The van der Waals surface area contributed by atoms with Gasteiger partial charge in [-0.2, -0.15) is 0 Å². The average Bonchev–Trinajstić information content (AvgIpc) is 2.82. The zero-order valence-corrected chi connectivity index (χ0v) is 18.1. The molecule has 3 aromatic carbocycles. The van der Waals surface area contributed by atoms with Crippen LogP contribution >= 0.6 is 0 Å². The molecule has 0 bridgehead atoms. The SMILES string of the molecule is COc1cc(OC)cc(-c2cc(-c3cc(OC)cc(OC)c3)c(OC)cc2OC)c1. The summed E-state index contributed by atoms with van der Waals surface area (Å²) in [5.41, 5.74) is 3.52. The average molecular weight is 410 g/mol. The van der Waals surface area contributed by atoms with Crippen molar-refractivity contribution in [3.8, 4) is 56.8 Å². The third kappa shape index (κ3) is 4.22. The molecule has 0 radical (unpaired) electrons. The van der Waals surface area contributed by atoms with E-state index >= 15 is 0 Å². The Labute approximate surface area is 176 Å². The minimum Gasteiger partial charge on any atom is -0.497 e. The summed E-state index contributed by atoms with van der Waals surface area (Å²) in [6.45, 7) is 0. The van der Waals surface area contributed by atoms with Crippen LogP contribution in [0.4, 0.5) is 0 Å². The Hall–Kier alpha value is -3.54. The minimum absolute atomic E-state index is 0.667. The van der Waals surface area contributed by atoms with Crippen LogP contribution in [0.1, 0.15) is 0 Å². The molecule has 3 rings (SSSR count). The van der Waals surface area contributed by atoms with Gasteiger partial charge in [-0.1, -0.05) is 0 Å². The summed E-state index contributed by atoms with van der Waals surface area (Å²) in [5, 5.41) is 0. The Kier molecular flexibility index (Phi) is 6.57. The Balaban J connectivity index is 2.27. The lowest BCUT2D eigenvalue weighted by atomic mass is 9.96. The summed E-state index contributed by atoms with van der Waals surface area (Å²) in [5.74, 6) is 4.08. The number of benzene rings is 3.